The molecule has 3 rings (SSSR count). The second-order valence-electron chi connectivity index (χ2n) is 5.95. The van der Waals surface area contributed by atoms with Crippen LogP contribution >= 0.6 is 0 Å². The van der Waals surface area contributed by atoms with Gasteiger partial charge in [0.25, 0.3) is 0 Å². The lowest BCUT2D eigenvalue weighted by Gasteiger charge is -2.24. The summed E-state index contributed by atoms with van der Waals surface area (Å²) < 4.78 is 30.0. The van der Waals surface area contributed by atoms with Crippen molar-refractivity contribution >= 4 is 28.4 Å². The number of aromatic amines is 1. The van der Waals surface area contributed by atoms with Crippen molar-refractivity contribution in [3.8, 4) is 11.8 Å². The van der Waals surface area contributed by atoms with E-state index in [1.165, 1.54) is 12.4 Å². The SMILES string of the molecule is CCc1cc(C#N)c(OC(F)F)cc1N(C)c1nc(N)c2[nH]cnc2c1C. The fourth-order valence-corrected chi connectivity index (χ4v) is 3.06. The van der Waals surface area contributed by atoms with Crippen LogP contribution in [0.3, 0.4) is 0 Å². The molecule has 0 amide bonds. The highest BCUT2D eigenvalue weighted by atomic mass is 19.3. The summed E-state index contributed by atoms with van der Waals surface area (Å²) in [7, 11) is 1.75. The number of fused-ring (bicyclic) bond motifs is 1. The Morgan fingerprint density at radius 1 is 1.41 bits per heavy atom. The van der Waals surface area contributed by atoms with E-state index < -0.39 is 6.61 Å². The first-order chi connectivity index (χ1) is 12.9. The minimum atomic E-state index is -3.03. The van der Waals surface area contributed by atoms with Gasteiger partial charge in [0, 0.05) is 24.4 Å². The van der Waals surface area contributed by atoms with Crippen LogP contribution < -0.4 is 15.4 Å². The molecule has 0 atom stereocenters. The topological polar surface area (TPSA) is 104 Å². The Bertz CT molecular complexity index is 1040. The van der Waals surface area contributed by atoms with E-state index in [1.54, 1.807) is 18.0 Å². The van der Waals surface area contributed by atoms with E-state index in [9.17, 15) is 14.0 Å². The van der Waals surface area contributed by atoms with E-state index in [0.29, 0.717) is 29.0 Å². The number of imidazole rings is 1. The molecule has 1 aromatic carbocycles. The number of aryl methyl sites for hydroxylation is 2. The normalized spacial score (nSPS) is 11.0. The zero-order valence-corrected chi connectivity index (χ0v) is 15.0. The number of anilines is 3. The van der Waals surface area contributed by atoms with Gasteiger partial charge in [0.1, 0.15) is 23.2 Å². The fraction of sp³-hybridized carbons (Fsp3) is 0.278. The first-order valence-electron chi connectivity index (χ1n) is 8.22. The third-order valence-electron chi connectivity index (χ3n) is 4.39. The standard InChI is InChI=1S/C18H18F2N6O/c1-4-10-5-11(7-21)13(27-18(19)20)6-12(10)26(3)17-9(2)14-15(16(22)25-17)24-8-23-14/h5-6,8,18H,4H2,1-3H3,(H2,22,25)(H,23,24). The quantitative estimate of drug-likeness (QED) is 0.708. The molecule has 2 heterocycles. The van der Waals surface area contributed by atoms with Crippen LogP contribution in [0.25, 0.3) is 11.0 Å². The molecule has 0 spiro atoms. The van der Waals surface area contributed by atoms with E-state index in [2.05, 4.69) is 19.7 Å². The van der Waals surface area contributed by atoms with Gasteiger partial charge in [-0.2, -0.15) is 14.0 Å². The monoisotopic (exact) mass is 372 g/mol. The number of rotatable bonds is 5. The smallest absolute Gasteiger partial charge is 0.387 e. The van der Waals surface area contributed by atoms with E-state index in [1.807, 2.05) is 19.9 Å². The molecule has 0 saturated heterocycles. The lowest BCUT2D eigenvalue weighted by Crippen LogP contribution is -2.16. The lowest BCUT2D eigenvalue weighted by molar-refractivity contribution is -0.0500. The lowest BCUT2D eigenvalue weighted by atomic mass is 10.0. The number of nitrogens with one attached hydrogen (secondary N) is 1. The van der Waals surface area contributed by atoms with Crippen molar-refractivity contribution in [1.82, 2.24) is 15.0 Å². The zero-order chi connectivity index (χ0) is 19.7. The van der Waals surface area contributed by atoms with Gasteiger partial charge in [-0.05, 0) is 25.0 Å². The van der Waals surface area contributed by atoms with Crippen LogP contribution in [-0.4, -0.2) is 28.6 Å². The van der Waals surface area contributed by atoms with Gasteiger partial charge in [0.15, 0.2) is 5.82 Å². The third kappa shape index (κ3) is 3.21. The number of hydrogen-bond donors (Lipinski definition) is 2. The number of H-pyrrole nitrogens is 1. The molecule has 0 saturated carbocycles. The molecule has 0 fully saturated rings. The van der Waals surface area contributed by atoms with Gasteiger partial charge in [0.05, 0.1) is 17.4 Å². The average Bonchev–Trinajstić information content (AvgIpc) is 3.14. The summed E-state index contributed by atoms with van der Waals surface area (Å²) >= 11 is 0. The number of alkyl halides is 2. The average molecular weight is 372 g/mol. The van der Waals surface area contributed by atoms with Gasteiger partial charge >= 0.3 is 6.61 Å². The largest absolute Gasteiger partial charge is 0.433 e. The van der Waals surface area contributed by atoms with Crippen LogP contribution in [0, 0.1) is 18.3 Å². The Morgan fingerprint density at radius 3 is 2.78 bits per heavy atom. The van der Waals surface area contributed by atoms with Crippen LogP contribution in [0.15, 0.2) is 18.5 Å². The van der Waals surface area contributed by atoms with Crippen molar-refractivity contribution in [1.29, 1.82) is 5.26 Å². The summed E-state index contributed by atoms with van der Waals surface area (Å²) in [5.41, 5.74) is 9.56. The molecule has 3 aromatic rings. The van der Waals surface area contributed by atoms with Crippen LogP contribution in [-0.2, 0) is 6.42 Å². The highest BCUT2D eigenvalue weighted by Gasteiger charge is 2.20. The molecule has 2 aromatic heterocycles. The molecule has 0 aliphatic heterocycles. The van der Waals surface area contributed by atoms with Crippen LogP contribution in [0.2, 0.25) is 0 Å². The van der Waals surface area contributed by atoms with Crippen molar-refractivity contribution in [2.75, 3.05) is 17.7 Å². The van der Waals surface area contributed by atoms with Crippen LogP contribution in [0.1, 0.15) is 23.6 Å². The number of ether oxygens (including phenoxy) is 1. The van der Waals surface area contributed by atoms with Gasteiger partial charge in [-0.1, -0.05) is 6.92 Å². The number of aromatic nitrogens is 3. The van der Waals surface area contributed by atoms with Gasteiger partial charge in [-0.15, -0.1) is 0 Å². The van der Waals surface area contributed by atoms with E-state index in [4.69, 9.17) is 5.73 Å². The van der Waals surface area contributed by atoms with Crippen molar-refractivity contribution in [2.24, 2.45) is 0 Å². The maximum Gasteiger partial charge on any atom is 0.387 e. The Morgan fingerprint density at radius 2 is 2.15 bits per heavy atom. The Balaban J connectivity index is 2.18. The molecule has 0 aliphatic carbocycles. The molecule has 0 radical (unpaired) electrons. The molecule has 9 heteroatoms. The maximum absolute atomic E-state index is 12.7. The number of nitrogens with zero attached hydrogens (tertiary/aromatic N) is 4. The first-order valence-corrected chi connectivity index (χ1v) is 8.22. The van der Waals surface area contributed by atoms with Crippen molar-refractivity contribution in [3.05, 3.63) is 35.2 Å². The molecule has 0 aliphatic rings. The number of benzene rings is 1. The number of nitrogen functional groups attached to an aromatic ring is 1. The van der Waals surface area contributed by atoms with Crippen LogP contribution in [0.4, 0.5) is 26.1 Å². The van der Waals surface area contributed by atoms with Gasteiger partial charge in [-0.3, -0.25) is 0 Å². The third-order valence-corrected chi connectivity index (χ3v) is 4.39. The second-order valence-corrected chi connectivity index (χ2v) is 5.95. The summed E-state index contributed by atoms with van der Waals surface area (Å²) in [5.74, 6) is 0.637. The number of hydrogen-bond acceptors (Lipinski definition) is 6. The summed E-state index contributed by atoms with van der Waals surface area (Å²) in [6.07, 6.45) is 2.12. The summed E-state index contributed by atoms with van der Waals surface area (Å²) in [6.45, 7) is 0.735. The zero-order valence-electron chi connectivity index (χ0n) is 15.0. The number of nitriles is 1. The Kier molecular flexibility index (Phi) is 4.81. The molecular weight excluding hydrogens is 354 g/mol. The highest BCUT2D eigenvalue weighted by Crippen LogP contribution is 2.36. The number of halogens is 2. The molecule has 140 valence electrons. The van der Waals surface area contributed by atoms with E-state index >= 15 is 0 Å². The summed E-state index contributed by atoms with van der Waals surface area (Å²) in [5, 5.41) is 9.24. The molecule has 7 nitrogen and oxygen atoms in total. The summed E-state index contributed by atoms with van der Waals surface area (Å²) in [6, 6.07) is 4.87. The number of nitrogens with two attached hydrogens (primary N) is 1. The molecule has 3 N–H and O–H groups in total. The maximum atomic E-state index is 12.7. The van der Waals surface area contributed by atoms with Gasteiger partial charge < -0.3 is 20.4 Å². The highest BCUT2D eigenvalue weighted by molar-refractivity contribution is 5.91. The van der Waals surface area contributed by atoms with E-state index in [-0.39, 0.29) is 17.1 Å². The van der Waals surface area contributed by atoms with Gasteiger partial charge in [-0.25, -0.2) is 9.97 Å². The van der Waals surface area contributed by atoms with Crippen molar-refractivity contribution in [3.63, 3.8) is 0 Å². The number of pyridine rings is 1. The molecular formula is C18H18F2N6O. The minimum absolute atomic E-state index is 0.0521. The molecule has 0 unspecified atom stereocenters. The fourth-order valence-electron chi connectivity index (χ4n) is 3.06. The van der Waals surface area contributed by atoms with E-state index in [0.717, 1.165) is 11.1 Å². The minimum Gasteiger partial charge on any atom is -0.433 e. The Hall–Kier alpha value is -3.41. The van der Waals surface area contributed by atoms with Crippen molar-refractivity contribution < 1.29 is 13.5 Å². The predicted octanol–water partition coefficient (Wildman–Crippen LogP) is 3.65. The van der Waals surface area contributed by atoms with Crippen molar-refractivity contribution in [2.45, 2.75) is 26.9 Å². The summed E-state index contributed by atoms with van der Waals surface area (Å²) in [4.78, 5) is 13.4. The Labute approximate surface area is 154 Å². The predicted molar refractivity (Wildman–Crippen MR) is 98.3 cm³/mol. The molecule has 0 bridgehead atoms. The van der Waals surface area contributed by atoms with Gasteiger partial charge in [0.2, 0.25) is 0 Å². The first kappa shape index (κ1) is 18.4. The second kappa shape index (κ2) is 7.07. The van der Waals surface area contributed by atoms with Crippen LogP contribution in [0.5, 0.6) is 5.75 Å². The molecule has 27 heavy (non-hydrogen) atoms.